The Balaban J connectivity index is 2.12. The molecule has 0 aromatic rings. The van der Waals surface area contributed by atoms with Crippen molar-refractivity contribution in [1.29, 1.82) is 0 Å². The summed E-state index contributed by atoms with van der Waals surface area (Å²) in [6, 6.07) is 0. The number of nitrogens with one attached hydrogen (secondary N) is 1. The van der Waals surface area contributed by atoms with Crippen LogP contribution in [0.15, 0.2) is 0 Å². The Hall–Kier alpha value is -0.690. The van der Waals surface area contributed by atoms with Crippen LogP contribution in [0.3, 0.4) is 0 Å². The third-order valence-corrected chi connectivity index (χ3v) is 2.70. The van der Waals surface area contributed by atoms with Gasteiger partial charge >= 0.3 is 0 Å². The maximum Gasteiger partial charge on any atom is 0.234 e. The lowest BCUT2D eigenvalue weighted by Crippen LogP contribution is -2.49. The smallest absolute Gasteiger partial charge is 0.234 e. The van der Waals surface area contributed by atoms with Gasteiger partial charge < -0.3 is 20.5 Å². The van der Waals surface area contributed by atoms with Crippen molar-refractivity contribution in [2.75, 3.05) is 53.0 Å². The topological polar surface area (TPSA) is 76.8 Å². The van der Waals surface area contributed by atoms with Gasteiger partial charge in [-0.05, 0) is 6.42 Å². The summed E-state index contributed by atoms with van der Waals surface area (Å²) < 4.78 is 10.3. The average Bonchev–Trinajstić information content (AvgIpc) is 2.35. The van der Waals surface area contributed by atoms with Crippen LogP contribution in [-0.2, 0) is 14.3 Å². The Labute approximate surface area is 102 Å². The zero-order chi connectivity index (χ0) is 12.5. The molecule has 0 radical (unpaired) electrons. The lowest BCUT2D eigenvalue weighted by Gasteiger charge is -2.31. The quantitative estimate of drug-likeness (QED) is 0.551. The molecule has 1 unspecified atom stereocenters. The number of hydrogen-bond donors (Lipinski definition) is 2. The van der Waals surface area contributed by atoms with E-state index in [4.69, 9.17) is 15.2 Å². The van der Waals surface area contributed by atoms with Crippen LogP contribution < -0.4 is 11.1 Å². The van der Waals surface area contributed by atoms with Gasteiger partial charge in [-0.15, -0.1) is 0 Å². The van der Waals surface area contributed by atoms with Crippen molar-refractivity contribution in [3.05, 3.63) is 0 Å². The second-order valence-electron chi connectivity index (χ2n) is 4.16. The highest BCUT2D eigenvalue weighted by Gasteiger charge is 2.20. The van der Waals surface area contributed by atoms with E-state index < -0.39 is 0 Å². The minimum Gasteiger partial charge on any atom is -0.385 e. The van der Waals surface area contributed by atoms with Crippen molar-refractivity contribution in [1.82, 2.24) is 10.2 Å². The molecule has 1 amide bonds. The van der Waals surface area contributed by atoms with Crippen LogP contribution in [0.25, 0.3) is 0 Å². The summed E-state index contributed by atoms with van der Waals surface area (Å²) >= 11 is 0. The molecule has 0 aromatic carbocycles. The van der Waals surface area contributed by atoms with Crippen LogP contribution in [0.2, 0.25) is 0 Å². The molecule has 1 aliphatic rings. The van der Waals surface area contributed by atoms with Gasteiger partial charge in [0.05, 0.1) is 19.3 Å². The van der Waals surface area contributed by atoms with Gasteiger partial charge in [-0.2, -0.15) is 0 Å². The first kappa shape index (κ1) is 14.4. The van der Waals surface area contributed by atoms with E-state index in [9.17, 15) is 4.79 Å². The SMILES string of the molecule is COCCCNC(=O)CN1CCOC(CN)C1. The van der Waals surface area contributed by atoms with Crippen LogP contribution >= 0.6 is 0 Å². The zero-order valence-electron chi connectivity index (χ0n) is 10.5. The number of hydrogen-bond acceptors (Lipinski definition) is 5. The maximum absolute atomic E-state index is 11.6. The molecule has 0 aliphatic carbocycles. The summed E-state index contributed by atoms with van der Waals surface area (Å²) in [5.41, 5.74) is 5.54. The maximum atomic E-state index is 11.6. The van der Waals surface area contributed by atoms with Crippen molar-refractivity contribution in [3.63, 3.8) is 0 Å². The third kappa shape index (κ3) is 5.97. The highest BCUT2D eigenvalue weighted by molar-refractivity contribution is 5.77. The van der Waals surface area contributed by atoms with Gasteiger partial charge in [-0.3, -0.25) is 9.69 Å². The van der Waals surface area contributed by atoms with E-state index in [0.29, 0.717) is 32.8 Å². The molecule has 1 atom stereocenters. The number of ether oxygens (including phenoxy) is 2. The Bertz CT molecular complexity index is 226. The minimum absolute atomic E-state index is 0.0544. The predicted molar refractivity (Wildman–Crippen MR) is 64.7 cm³/mol. The Morgan fingerprint density at radius 1 is 1.65 bits per heavy atom. The van der Waals surface area contributed by atoms with Crippen molar-refractivity contribution in [3.8, 4) is 0 Å². The van der Waals surface area contributed by atoms with E-state index in [1.165, 1.54) is 0 Å². The van der Waals surface area contributed by atoms with Crippen LogP contribution in [0.5, 0.6) is 0 Å². The van der Waals surface area contributed by atoms with Crippen LogP contribution in [0, 0.1) is 0 Å². The molecule has 0 spiro atoms. The van der Waals surface area contributed by atoms with Crippen LogP contribution in [0.4, 0.5) is 0 Å². The highest BCUT2D eigenvalue weighted by Crippen LogP contribution is 2.03. The predicted octanol–water partition coefficient (Wildman–Crippen LogP) is -1.20. The second kappa shape index (κ2) is 8.41. The molecule has 3 N–H and O–H groups in total. The first-order valence-electron chi connectivity index (χ1n) is 6.06. The number of nitrogens with two attached hydrogens (primary N) is 1. The molecule has 6 nitrogen and oxygen atoms in total. The van der Waals surface area contributed by atoms with Crippen molar-refractivity contribution in [2.45, 2.75) is 12.5 Å². The fourth-order valence-electron chi connectivity index (χ4n) is 1.77. The highest BCUT2D eigenvalue weighted by atomic mass is 16.5. The second-order valence-corrected chi connectivity index (χ2v) is 4.16. The number of carbonyl (C=O) groups excluding carboxylic acids is 1. The molecular weight excluding hydrogens is 222 g/mol. The molecule has 6 heteroatoms. The molecule has 1 heterocycles. The van der Waals surface area contributed by atoms with Gasteiger partial charge in [0.25, 0.3) is 0 Å². The lowest BCUT2D eigenvalue weighted by atomic mass is 10.2. The monoisotopic (exact) mass is 245 g/mol. The first-order valence-corrected chi connectivity index (χ1v) is 6.06. The Kier molecular flexibility index (Phi) is 7.11. The lowest BCUT2D eigenvalue weighted by molar-refractivity contribution is -0.124. The minimum atomic E-state index is 0.0544. The van der Waals surface area contributed by atoms with E-state index >= 15 is 0 Å². The summed E-state index contributed by atoms with van der Waals surface area (Å²) in [6.45, 7) is 4.45. The van der Waals surface area contributed by atoms with Gasteiger partial charge in [-0.1, -0.05) is 0 Å². The van der Waals surface area contributed by atoms with Crippen molar-refractivity contribution >= 4 is 5.91 Å². The first-order chi connectivity index (χ1) is 8.26. The summed E-state index contributed by atoms with van der Waals surface area (Å²) in [7, 11) is 1.66. The third-order valence-electron chi connectivity index (χ3n) is 2.70. The molecule has 1 fully saturated rings. The molecular formula is C11H23N3O3. The van der Waals surface area contributed by atoms with Gasteiger partial charge in [0, 0.05) is 39.9 Å². The fourth-order valence-corrected chi connectivity index (χ4v) is 1.77. The van der Waals surface area contributed by atoms with Crippen molar-refractivity contribution in [2.24, 2.45) is 5.73 Å². The number of rotatable bonds is 7. The van der Waals surface area contributed by atoms with Gasteiger partial charge in [0.15, 0.2) is 0 Å². The molecule has 0 saturated carbocycles. The number of morpholine rings is 1. The van der Waals surface area contributed by atoms with Crippen LogP contribution in [-0.4, -0.2) is 70.0 Å². The Morgan fingerprint density at radius 3 is 3.18 bits per heavy atom. The van der Waals surface area contributed by atoms with E-state index in [1.807, 2.05) is 0 Å². The molecule has 1 saturated heterocycles. The summed E-state index contributed by atoms with van der Waals surface area (Å²) in [5, 5.41) is 2.86. The van der Waals surface area contributed by atoms with E-state index in [-0.39, 0.29) is 12.0 Å². The van der Waals surface area contributed by atoms with Crippen molar-refractivity contribution < 1.29 is 14.3 Å². The van der Waals surface area contributed by atoms with Gasteiger partial charge in [0.1, 0.15) is 0 Å². The van der Waals surface area contributed by atoms with E-state index in [2.05, 4.69) is 10.2 Å². The van der Waals surface area contributed by atoms with E-state index in [1.54, 1.807) is 7.11 Å². The summed E-state index contributed by atoms with van der Waals surface area (Å²) in [4.78, 5) is 13.7. The van der Waals surface area contributed by atoms with E-state index in [0.717, 1.165) is 19.5 Å². The molecule has 1 rings (SSSR count). The molecule has 17 heavy (non-hydrogen) atoms. The molecule has 0 bridgehead atoms. The largest absolute Gasteiger partial charge is 0.385 e. The standard InChI is InChI=1S/C11H23N3O3/c1-16-5-2-3-13-11(15)9-14-4-6-17-10(7-12)8-14/h10H,2-9,12H2,1H3,(H,13,15). The number of methoxy groups -OCH3 is 1. The fraction of sp³-hybridized carbons (Fsp3) is 0.909. The molecule has 0 aromatic heterocycles. The number of nitrogens with zero attached hydrogens (tertiary/aromatic N) is 1. The Morgan fingerprint density at radius 2 is 2.47 bits per heavy atom. The summed E-state index contributed by atoms with van der Waals surface area (Å²) in [6.07, 6.45) is 0.904. The number of carbonyl (C=O) groups is 1. The van der Waals surface area contributed by atoms with Crippen LogP contribution in [0.1, 0.15) is 6.42 Å². The van der Waals surface area contributed by atoms with Gasteiger partial charge in [0.2, 0.25) is 5.91 Å². The average molecular weight is 245 g/mol. The number of amides is 1. The molecule has 1 aliphatic heterocycles. The summed E-state index contributed by atoms with van der Waals surface area (Å²) in [5.74, 6) is 0.0544. The molecule has 100 valence electrons. The normalized spacial score (nSPS) is 21.4. The van der Waals surface area contributed by atoms with Gasteiger partial charge in [-0.25, -0.2) is 0 Å². The zero-order valence-corrected chi connectivity index (χ0v) is 10.5.